The van der Waals surface area contributed by atoms with E-state index in [4.69, 9.17) is 0 Å². The van der Waals surface area contributed by atoms with E-state index in [9.17, 15) is 27.2 Å². The van der Waals surface area contributed by atoms with Crippen LogP contribution in [0.4, 0.5) is 23.2 Å². The predicted molar refractivity (Wildman–Crippen MR) is 110 cm³/mol. The fourth-order valence-electron chi connectivity index (χ4n) is 4.64. The molecule has 0 radical (unpaired) electrons. The number of amides is 2. The molecule has 5 nitrogen and oxygen atoms in total. The number of likely N-dealkylation sites (tertiary alicyclic amines) is 1. The number of halogens is 4. The molecule has 0 aliphatic carbocycles. The summed E-state index contributed by atoms with van der Waals surface area (Å²) in [4.78, 5) is 28.8. The van der Waals surface area contributed by atoms with Gasteiger partial charge in [0.15, 0.2) is 0 Å². The minimum atomic E-state index is -4.55. The van der Waals surface area contributed by atoms with Gasteiger partial charge in [0.25, 0.3) is 0 Å². The highest BCUT2D eigenvalue weighted by molar-refractivity contribution is 6.10. The minimum Gasteiger partial charge on any atom is -0.345 e. The summed E-state index contributed by atoms with van der Waals surface area (Å²) in [6, 6.07) is 14.1. The largest absolute Gasteiger partial charge is 0.405 e. The van der Waals surface area contributed by atoms with E-state index in [1.807, 2.05) is 30.3 Å². The maximum absolute atomic E-state index is 14.9. The highest BCUT2D eigenvalue weighted by Crippen LogP contribution is 2.49. The van der Waals surface area contributed by atoms with E-state index >= 15 is 0 Å². The number of rotatable bonds is 5. The van der Waals surface area contributed by atoms with Crippen LogP contribution in [0, 0.1) is 5.82 Å². The van der Waals surface area contributed by atoms with E-state index in [0.717, 1.165) is 10.5 Å². The van der Waals surface area contributed by atoms with Gasteiger partial charge in [0, 0.05) is 12.1 Å². The van der Waals surface area contributed by atoms with Gasteiger partial charge in [0.1, 0.15) is 18.9 Å². The average molecular weight is 449 g/mol. The third-order valence-corrected chi connectivity index (χ3v) is 6.16. The lowest BCUT2D eigenvalue weighted by Crippen LogP contribution is -2.50. The van der Waals surface area contributed by atoms with Gasteiger partial charge in [-0.25, -0.2) is 4.39 Å². The summed E-state index contributed by atoms with van der Waals surface area (Å²) >= 11 is 0. The minimum absolute atomic E-state index is 0.244. The zero-order valence-corrected chi connectivity index (χ0v) is 17.3. The first-order valence-electron chi connectivity index (χ1n) is 10.4. The molecule has 4 rings (SSSR count). The van der Waals surface area contributed by atoms with Crippen LogP contribution in [0.1, 0.15) is 24.0 Å². The number of alkyl halides is 3. The van der Waals surface area contributed by atoms with Gasteiger partial charge in [-0.05, 0) is 43.6 Å². The molecule has 0 atom stereocenters. The highest BCUT2D eigenvalue weighted by Gasteiger charge is 2.53. The molecule has 2 aliphatic heterocycles. The third-order valence-electron chi connectivity index (χ3n) is 6.16. The van der Waals surface area contributed by atoms with Crippen LogP contribution >= 0.6 is 0 Å². The number of carbonyl (C=O) groups is 2. The Kier molecular flexibility index (Phi) is 5.94. The summed E-state index contributed by atoms with van der Waals surface area (Å²) in [6.07, 6.45) is -3.82. The Morgan fingerprint density at radius 1 is 1.03 bits per heavy atom. The molecule has 1 fully saturated rings. The van der Waals surface area contributed by atoms with Gasteiger partial charge < -0.3 is 10.2 Å². The van der Waals surface area contributed by atoms with Gasteiger partial charge in [-0.3, -0.25) is 14.5 Å². The van der Waals surface area contributed by atoms with Crippen LogP contribution < -0.4 is 10.2 Å². The summed E-state index contributed by atoms with van der Waals surface area (Å²) in [7, 11) is 0. The third kappa shape index (κ3) is 4.34. The summed E-state index contributed by atoms with van der Waals surface area (Å²) in [6.45, 7) is -0.242. The number of nitrogens with one attached hydrogen (secondary N) is 1. The topological polar surface area (TPSA) is 52.7 Å². The monoisotopic (exact) mass is 449 g/mol. The predicted octanol–water partition coefficient (Wildman–Crippen LogP) is 3.38. The Hall–Kier alpha value is -2.94. The van der Waals surface area contributed by atoms with Crippen LogP contribution in [0.5, 0.6) is 0 Å². The van der Waals surface area contributed by atoms with Gasteiger partial charge >= 0.3 is 6.18 Å². The van der Waals surface area contributed by atoms with Crippen molar-refractivity contribution in [2.75, 3.05) is 31.1 Å². The van der Waals surface area contributed by atoms with Crippen LogP contribution in [0.2, 0.25) is 0 Å². The molecule has 0 bridgehead atoms. The molecule has 0 unspecified atom stereocenters. The summed E-state index contributed by atoms with van der Waals surface area (Å²) in [5.74, 6) is -1.91. The number of nitrogens with zero attached hydrogens (tertiary/aromatic N) is 2. The summed E-state index contributed by atoms with van der Waals surface area (Å²) in [5, 5.41) is 1.78. The zero-order chi connectivity index (χ0) is 22.9. The first kappa shape index (κ1) is 22.3. The van der Waals surface area contributed by atoms with Crippen molar-refractivity contribution in [1.29, 1.82) is 0 Å². The molecule has 2 amide bonds. The van der Waals surface area contributed by atoms with Crippen molar-refractivity contribution in [2.24, 2.45) is 0 Å². The molecule has 2 heterocycles. The van der Waals surface area contributed by atoms with Crippen molar-refractivity contribution in [2.45, 2.75) is 31.0 Å². The number of piperidine rings is 1. The Morgan fingerprint density at radius 2 is 1.72 bits per heavy atom. The Balaban J connectivity index is 1.52. The summed E-state index contributed by atoms with van der Waals surface area (Å²) < 4.78 is 52.2. The smallest absolute Gasteiger partial charge is 0.345 e. The van der Waals surface area contributed by atoms with E-state index in [0.29, 0.717) is 32.5 Å². The first-order chi connectivity index (χ1) is 15.2. The molecule has 1 N–H and O–H groups in total. The number of fused-ring (bicyclic) bond motifs is 2. The molecule has 32 heavy (non-hydrogen) atoms. The standard InChI is InChI=1S/C23H23F4N3O2/c24-17-7-4-8-18-20(17)22(21(32)30(18)14-19(31)28-15-23(25,26)27)9-11-29(12-10-22)13-16-5-2-1-3-6-16/h1-8H,9-15H2,(H,28,31). The van der Waals surface area contributed by atoms with E-state index < -0.39 is 42.3 Å². The number of hydrogen-bond acceptors (Lipinski definition) is 3. The Bertz CT molecular complexity index is 1000. The number of carbonyl (C=O) groups excluding carboxylic acids is 2. The maximum atomic E-state index is 14.9. The van der Waals surface area contributed by atoms with Gasteiger partial charge in [0.05, 0.1) is 11.1 Å². The average Bonchev–Trinajstić information content (AvgIpc) is 2.98. The first-order valence-corrected chi connectivity index (χ1v) is 10.4. The molecule has 170 valence electrons. The van der Waals surface area contributed by atoms with Crippen LogP contribution in [-0.2, 0) is 21.5 Å². The lowest BCUT2D eigenvalue weighted by atomic mass is 9.73. The second kappa shape index (κ2) is 8.54. The van der Waals surface area contributed by atoms with Crippen LogP contribution in [-0.4, -0.2) is 49.1 Å². The molecule has 0 saturated carbocycles. The second-order valence-corrected chi connectivity index (χ2v) is 8.26. The van der Waals surface area contributed by atoms with Crippen molar-refractivity contribution in [3.8, 4) is 0 Å². The van der Waals surface area contributed by atoms with Crippen LogP contribution in [0.15, 0.2) is 48.5 Å². The van der Waals surface area contributed by atoms with Crippen molar-refractivity contribution in [3.05, 3.63) is 65.5 Å². The highest BCUT2D eigenvalue weighted by atomic mass is 19.4. The Labute approximate surface area is 183 Å². The van der Waals surface area contributed by atoms with Crippen molar-refractivity contribution in [1.82, 2.24) is 10.2 Å². The zero-order valence-electron chi connectivity index (χ0n) is 17.3. The molecule has 1 spiro atoms. The van der Waals surface area contributed by atoms with Crippen molar-refractivity contribution >= 4 is 17.5 Å². The van der Waals surface area contributed by atoms with Gasteiger partial charge in [0.2, 0.25) is 11.8 Å². The molecular formula is C23H23F4N3O2. The lowest BCUT2D eigenvalue weighted by Gasteiger charge is -2.38. The molecule has 2 aromatic carbocycles. The van der Waals surface area contributed by atoms with E-state index in [2.05, 4.69) is 4.90 Å². The maximum Gasteiger partial charge on any atom is 0.405 e. The van der Waals surface area contributed by atoms with E-state index in [1.165, 1.54) is 12.1 Å². The molecule has 2 aromatic rings. The number of anilines is 1. The lowest BCUT2D eigenvalue weighted by molar-refractivity contribution is -0.138. The number of benzene rings is 2. The Morgan fingerprint density at radius 3 is 2.38 bits per heavy atom. The fraction of sp³-hybridized carbons (Fsp3) is 0.391. The van der Waals surface area contributed by atoms with E-state index in [1.54, 1.807) is 11.4 Å². The van der Waals surface area contributed by atoms with Crippen molar-refractivity contribution in [3.63, 3.8) is 0 Å². The van der Waals surface area contributed by atoms with Gasteiger partial charge in [-0.1, -0.05) is 36.4 Å². The fourth-order valence-corrected chi connectivity index (χ4v) is 4.64. The number of hydrogen-bond donors (Lipinski definition) is 1. The summed E-state index contributed by atoms with van der Waals surface area (Å²) in [5.41, 5.74) is 0.524. The normalized spacial score (nSPS) is 18.1. The van der Waals surface area contributed by atoms with Crippen molar-refractivity contribution < 1.29 is 27.2 Å². The van der Waals surface area contributed by atoms with Gasteiger partial charge in [-0.15, -0.1) is 0 Å². The molecule has 9 heteroatoms. The SMILES string of the molecule is O=C(CN1C(=O)C2(CCN(Cc3ccccc3)CC2)c2c(F)cccc21)NCC(F)(F)F. The molecular weight excluding hydrogens is 426 g/mol. The van der Waals surface area contributed by atoms with E-state index in [-0.39, 0.29) is 11.3 Å². The quantitative estimate of drug-likeness (QED) is 0.713. The second-order valence-electron chi connectivity index (χ2n) is 8.26. The molecule has 1 saturated heterocycles. The van der Waals surface area contributed by atoms with Crippen LogP contribution in [0.3, 0.4) is 0 Å². The van der Waals surface area contributed by atoms with Crippen LogP contribution in [0.25, 0.3) is 0 Å². The van der Waals surface area contributed by atoms with Gasteiger partial charge in [-0.2, -0.15) is 13.2 Å². The molecule has 2 aliphatic rings. The molecule has 0 aromatic heterocycles.